The first kappa shape index (κ1) is 10.9. The summed E-state index contributed by atoms with van der Waals surface area (Å²) in [6, 6.07) is 13.6. The van der Waals surface area contributed by atoms with Gasteiger partial charge in [0.25, 0.3) is 0 Å². The predicted molar refractivity (Wildman–Crippen MR) is 71.4 cm³/mol. The molecule has 2 aromatic rings. The highest BCUT2D eigenvalue weighted by Crippen LogP contribution is 2.16. The molecule has 0 aliphatic heterocycles. The van der Waals surface area contributed by atoms with Crippen molar-refractivity contribution in [1.82, 2.24) is 4.98 Å². The molecule has 0 aliphatic rings. The Bertz CT molecular complexity index is 511. The van der Waals surface area contributed by atoms with Gasteiger partial charge in [0.05, 0.1) is 11.9 Å². The summed E-state index contributed by atoms with van der Waals surface area (Å²) in [5.74, 6) is 0. The fraction of sp³-hybridized carbons (Fsp3) is 0. The number of nitrogens with one attached hydrogen (secondary N) is 1. The van der Waals surface area contributed by atoms with Gasteiger partial charge < -0.3 is 5.32 Å². The maximum Gasteiger partial charge on any atom is 0.140 e. The molecule has 4 heteroatoms. The van der Waals surface area contributed by atoms with Crippen LogP contribution in [0.5, 0.6) is 0 Å². The molecule has 2 rings (SSSR count). The van der Waals surface area contributed by atoms with Crippen molar-refractivity contribution in [2.75, 3.05) is 5.32 Å². The van der Waals surface area contributed by atoms with Crippen LogP contribution in [0.3, 0.4) is 0 Å². The summed E-state index contributed by atoms with van der Waals surface area (Å²) >= 11 is 2.26. The molecule has 0 atom stereocenters. The summed E-state index contributed by atoms with van der Waals surface area (Å²) in [4.78, 5) is 3.99. The molecule has 1 N–H and O–H groups in total. The van der Waals surface area contributed by atoms with Crippen LogP contribution in [0, 0.1) is 14.9 Å². The molecule has 0 unspecified atom stereocenters. The Balaban J connectivity index is 2.15. The van der Waals surface area contributed by atoms with Gasteiger partial charge in [-0.1, -0.05) is 0 Å². The number of pyridine rings is 1. The van der Waals surface area contributed by atoms with Gasteiger partial charge in [-0.2, -0.15) is 5.26 Å². The number of hydrogen-bond acceptors (Lipinski definition) is 3. The number of hydrogen-bond donors (Lipinski definition) is 1. The zero-order valence-electron chi connectivity index (χ0n) is 8.31. The molecule has 1 aromatic carbocycles. The van der Waals surface area contributed by atoms with Gasteiger partial charge in [0.2, 0.25) is 0 Å². The quantitative estimate of drug-likeness (QED) is 0.864. The van der Waals surface area contributed by atoms with E-state index in [1.165, 1.54) is 3.57 Å². The number of nitriles is 1. The second kappa shape index (κ2) is 4.94. The van der Waals surface area contributed by atoms with Crippen LogP contribution < -0.4 is 5.32 Å². The zero-order chi connectivity index (χ0) is 11.4. The molecule has 0 fully saturated rings. The maximum atomic E-state index is 8.62. The van der Waals surface area contributed by atoms with E-state index in [1.807, 2.05) is 36.4 Å². The van der Waals surface area contributed by atoms with Crippen LogP contribution in [-0.2, 0) is 0 Å². The Kier molecular flexibility index (Phi) is 3.37. The molecule has 3 nitrogen and oxygen atoms in total. The van der Waals surface area contributed by atoms with E-state index in [0.717, 1.165) is 11.4 Å². The topological polar surface area (TPSA) is 48.7 Å². The van der Waals surface area contributed by atoms with Crippen molar-refractivity contribution in [1.29, 1.82) is 5.26 Å². The third-order valence-corrected chi connectivity index (χ3v) is 2.73. The Hall–Kier alpha value is -1.61. The molecular weight excluding hydrogens is 313 g/mol. The van der Waals surface area contributed by atoms with Crippen LogP contribution >= 0.6 is 22.6 Å². The number of anilines is 2. The summed E-state index contributed by atoms with van der Waals surface area (Å²) in [7, 11) is 0. The van der Waals surface area contributed by atoms with Gasteiger partial charge >= 0.3 is 0 Å². The van der Waals surface area contributed by atoms with E-state index in [2.05, 4.69) is 32.9 Å². The lowest BCUT2D eigenvalue weighted by Crippen LogP contribution is -1.91. The summed E-state index contributed by atoms with van der Waals surface area (Å²) in [5.41, 5.74) is 2.31. The van der Waals surface area contributed by atoms with E-state index in [4.69, 9.17) is 5.26 Å². The molecule has 0 saturated heterocycles. The average molecular weight is 321 g/mol. The van der Waals surface area contributed by atoms with Crippen LogP contribution in [0.15, 0.2) is 42.6 Å². The third-order valence-electron chi connectivity index (χ3n) is 2.01. The molecule has 1 aromatic heterocycles. The van der Waals surface area contributed by atoms with E-state index in [-0.39, 0.29) is 0 Å². The largest absolute Gasteiger partial charge is 0.354 e. The first-order valence-corrected chi connectivity index (χ1v) is 5.74. The second-order valence-electron chi connectivity index (χ2n) is 3.18. The normalized spacial score (nSPS) is 9.50. The van der Waals surface area contributed by atoms with Crippen molar-refractivity contribution in [2.24, 2.45) is 0 Å². The van der Waals surface area contributed by atoms with Crippen LogP contribution in [-0.4, -0.2) is 4.98 Å². The van der Waals surface area contributed by atoms with Gasteiger partial charge in [-0.05, 0) is 59.0 Å². The number of nitrogens with zero attached hydrogens (tertiary/aromatic N) is 2. The minimum absolute atomic E-state index is 0.424. The lowest BCUT2D eigenvalue weighted by molar-refractivity contribution is 1.26. The Morgan fingerprint density at radius 3 is 2.31 bits per heavy atom. The van der Waals surface area contributed by atoms with Crippen molar-refractivity contribution in [2.45, 2.75) is 0 Å². The van der Waals surface area contributed by atoms with Gasteiger partial charge in [-0.15, -0.1) is 0 Å². The third kappa shape index (κ3) is 2.70. The summed E-state index contributed by atoms with van der Waals surface area (Å²) < 4.78 is 1.20. The Morgan fingerprint density at radius 1 is 1.06 bits per heavy atom. The fourth-order valence-electron chi connectivity index (χ4n) is 1.23. The minimum atomic E-state index is 0.424. The molecule has 0 saturated carbocycles. The van der Waals surface area contributed by atoms with Gasteiger partial charge in [0, 0.05) is 9.26 Å². The van der Waals surface area contributed by atoms with Gasteiger partial charge in [0.15, 0.2) is 0 Å². The number of halogens is 1. The number of aromatic nitrogens is 1. The van der Waals surface area contributed by atoms with Crippen LogP contribution in [0.1, 0.15) is 5.69 Å². The molecule has 0 aliphatic carbocycles. The first-order chi connectivity index (χ1) is 7.78. The monoisotopic (exact) mass is 321 g/mol. The Labute approximate surface area is 107 Å². The van der Waals surface area contributed by atoms with Crippen LogP contribution in [0.2, 0.25) is 0 Å². The fourth-order valence-corrected chi connectivity index (χ4v) is 1.59. The first-order valence-electron chi connectivity index (χ1n) is 4.67. The van der Waals surface area contributed by atoms with E-state index < -0.39 is 0 Å². The maximum absolute atomic E-state index is 8.62. The molecular formula is C12H8IN3. The molecule has 0 bridgehead atoms. The summed E-state index contributed by atoms with van der Waals surface area (Å²) in [6.07, 6.45) is 1.65. The van der Waals surface area contributed by atoms with Crippen molar-refractivity contribution < 1.29 is 0 Å². The number of rotatable bonds is 2. The molecule has 16 heavy (non-hydrogen) atoms. The van der Waals surface area contributed by atoms with E-state index in [0.29, 0.717) is 5.69 Å². The highest BCUT2D eigenvalue weighted by atomic mass is 127. The van der Waals surface area contributed by atoms with Crippen molar-refractivity contribution in [3.8, 4) is 6.07 Å². The van der Waals surface area contributed by atoms with Gasteiger partial charge in [-0.25, -0.2) is 4.98 Å². The Morgan fingerprint density at radius 2 is 1.75 bits per heavy atom. The van der Waals surface area contributed by atoms with Crippen molar-refractivity contribution >= 4 is 34.0 Å². The van der Waals surface area contributed by atoms with E-state index in [9.17, 15) is 0 Å². The van der Waals surface area contributed by atoms with E-state index >= 15 is 0 Å². The highest BCUT2D eigenvalue weighted by molar-refractivity contribution is 14.1. The minimum Gasteiger partial charge on any atom is -0.354 e. The van der Waals surface area contributed by atoms with Gasteiger partial charge in [-0.3, -0.25) is 0 Å². The SMILES string of the molecule is N#Cc1ccc(Nc2ccc(I)cc2)cn1. The zero-order valence-corrected chi connectivity index (χ0v) is 10.5. The second-order valence-corrected chi connectivity index (χ2v) is 4.42. The lowest BCUT2D eigenvalue weighted by atomic mass is 10.3. The predicted octanol–water partition coefficient (Wildman–Crippen LogP) is 3.30. The molecule has 0 radical (unpaired) electrons. The summed E-state index contributed by atoms with van der Waals surface area (Å²) in [5, 5.41) is 11.8. The lowest BCUT2D eigenvalue weighted by Gasteiger charge is -2.05. The van der Waals surface area contributed by atoms with Crippen molar-refractivity contribution in [3.05, 3.63) is 51.9 Å². The summed E-state index contributed by atoms with van der Waals surface area (Å²) in [6.45, 7) is 0. The standard InChI is InChI=1S/C12H8IN3/c13-9-1-3-10(4-2-9)16-12-6-5-11(7-14)15-8-12/h1-6,8,16H. The van der Waals surface area contributed by atoms with Gasteiger partial charge in [0.1, 0.15) is 11.8 Å². The smallest absolute Gasteiger partial charge is 0.140 e. The average Bonchev–Trinajstić information content (AvgIpc) is 2.33. The van der Waals surface area contributed by atoms with E-state index in [1.54, 1.807) is 12.3 Å². The van der Waals surface area contributed by atoms with Crippen LogP contribution in [0.4, 0.5) is 11.4 Å². The highest BCUT2D eigenvalue weighted by Gasteiger charge is 1.96. The van der Waals surface area contributed by atoms with Crippen molar-refractivity contribution in [3.63, 3.8) is 0 Å². The molecule has 1 heterocycles. The molecule has 78 valence electrons. The molecule has 0 spiro atoms. The number of benzene rings is 1. The molecule has 0 amide bonds. The van der Waals surface area contributed by atoms with Crippen LogP contribution in [0.25, 0.3) is 0 Å².